The fourth-order valence-electron chi connectivity index (χ4n) is 1.87. The molecule has 2 aromatic heterocycles. The second-order valence-electron chi connectivity index (χ2n) is 3.74. The maximum absolute atomic E-state index is 4.47. The standard InChI is InChI=1S/C13H11N3/c1-9-15-11-7-8-14-12(13(11)16-9)10-5-3-2-4-6-10/h2-8H,1H3,(H,15,16). The zero-order valence-electron chi connectivity index (χ0n) is 8.94. The minimum atomic E-state index is 0.917. The first-order chi connectivity index (χ1) is 7.84. The van der Waals surface area contributed by atoms with E-state index >= 15 is 0 Å². The summed E-state index contributed by atoms with van der Waals surface area (Å²) in [5.41, 5.74) is 4.00. The minimum absolute atomic E-state index is 0.917. The first kappa shape index (κ1) is 9.09. The summed E-state index contributed by atoms with van der Waals surface area (Å²) in [6.07, 6.45) is 1.81. The normalized spacial score (nSPS) is 10.8. The van der Waals surface area contributed by atoms with Gasteiger partial charge in [0.1, 0.15) is 11.3 Å². The zero-order chi connectivity index (χ0) is 11.0. The Morgan fingerprint density at radius 2 is 1.88 bits per heavy atom. The lowest BCUT2D eigenvalue weighted by Gasteiger charge is -2.00. The van der Waals surface area contributed by atoms with Crippen LogP contribution in [0.5, 0.6) is 0 Å². The van der Waals surface area contributed by atoms with E-state index in [1.165, 1.54) is 0 Å². The number of aryl methyl sites for hydroxylation is 1. The minimum Gasteiger partial charge on any atom is -0.342 e. The molecule has 0 radical (unpaired) electrons. The highest BCUT2D eigenvalue weighted by Crippen LogP contribution is 2.24. The molecule has 0 spiro atoms. The second-order valence-corrected chi connectivity index (χ2v) is 3.74. The quantitative estimate of drug-likeness (QED) is 0.669. The van der Waals surface area contributed by atoms with Gasteiger partial charge in [0.05, 0.1) is 11.2 Å². The van der Waals surface area contributed by atoms with Gasteiger partial charge in [0.15, 0.2) is 0 Å². The molecule has 16 heavy (non-hydrogen) atoms. The lowest BCUT2D eigenvalue weighted by molar-refractivity contribution is 1.17. The molecule has 0 amide bonds. The monoisotopic (exact) mass is 209 g/mol. The second kappa shape index (κ2) is 3.45. The van der Waals surface area contributed by atoms with Crippen molar-refractivity contribution in [2.45, 2.75) is 6.92 Å². The van der Waals surface area contributed by atoms with Crippen molar-refractivity contribution >= 4 is 11.0 Å². The molecule has 3 heteroatoms. The predicted molar refractivity (Wildman–Crippen MR) is 64.1 cm³/mol. The van der Waals surface area contributed by atoms with Crippen LogP contribution in [0.2, 0.25) is 0 Å². The van der Waals surface area contributed by atoms with Crippen LogP contribution >= 0.6 is 0 Å². The number of aromatic amines is 1. The molecule has 0 fully saturated rings. The summed E-state index contributed by atoms with van der Waals surface area (Å²) in [6, 6.07) is 12.1. The molecular formula is C13H11N3. The van der Waals surface area contributed by atoms with Crippen molar-refractivity contribution in [3.63, 3.8) is 0 Å². The number of rotatable bonds is 1. The van der Waals surface area contributed by atoms with Crippen LogP contribution < -0.4 is 0 Å². The SMILES string of the molecule is Cc1nc2c(-c3ccccc3)nccc2[nH]1. The van der Waals surface area contributed by atoms with E-state index < -0.39 is 0 Å². The molecule has 0 saturated heterocycles. The molecule has 3 rings (SSSR count). The zero-order valence-corrected chi connectivity index (χ0v) is 8.94. The lowest BCUT2D eigenvalue weighted by Crippen LogP contribution is -1.84. The lowest BCUT2D eigenvalue weighted by atomic mass is 10.1. The van der Waals surface area contributed by atoms with Gasteiger partial charge in [-0.2, -0.15) is 0 Å². The molecule has 78 valence electrons. The topological polar surface area (TPSA) is 41.6 Å². The number of hydrogen-bond donors (Lipinski definition) is 1. The number of aromatic nitrogens is 3. The van der Waals surface area contributed by atoms with Crippen molar-refractivity contribution in [3.8, 4) is 11.3 Å². The molecule has 2 heterocycles. The Kier molecular flexibility index (Phi) is 1.96. The van der Waals surface area contributed by atoms with Crippen LogP contribution in [-0.2, 0) is 0 Å². The van der Waals surface area contributed by atoms with E-state index in [1.807, 2.05) is 49.5 Å². The van der Waals surface area contributed by atoms with Gasteiger partial charge < -0.3 is 4.98 Å². The van der Waals surface area contributed by atoms with Crippen LogP contribution in [0, 0.1) is 6.92 Å². The van der Waals surface area contributed by atoms with Gasteiger partial charge >= 0.3 is 0 Å². The molecule has 0 aliphatic rings. The Labute approximate surface area is 93.2 Å². The highest BCUT2D eigenvalue weighted by Gasteiger charge is 2.07. The number of benzene rings is 1. The third kappa shape index (κ3) is 1.37. The molecule has 0 bridgehead atoms. The summed E-state index contributed by atoms with van der Waals surface area (Å²) in [5, 5.41) is 0. The van der Waals surface area contributed by atoms with Crippen molar-refractivity contribution in [1.82, 2.24) is 15.0 Å². The highest BCUT2D eigenvalue weighted by molar-refractivity contribution is 5.89. The van der Waals surface area contributed by atoms with Gasteiger partial charge in [-0.05, 0) is 13.0 Å². The van der Waals surface area contributed by atoms with E-state index in [0.717, 1.165) is 28.1 Å². The van der Waals surface area contributed by atoms with Gasteiger partial charge in [-0.1, -0.05) is 30.3 Å². The summed E-state index contributed by atoms with van der Waals surface area (Å²) < 4.78 is 0. The Morgan fingerprint density at radius 3 is 2.69 bits per heavy atom. The van der Waals surface area contributed by atoms with Crippen LogP contribution in [0.3, 0.4) is 0 Å². The third-order valence-electron chi connectivity index (χ3n) is 2.57. The summed E-state index contributed by atoms with van der Waals surface area (Å²) in [6.45, 7) is 1.95. The average molecular weight is 209 g/mol. The van der Waals surface area contributed by atoms with E-state index in [2.05, 4.69) is 15.0 Å². The Hall–Kier alpha value is -2.16. The summed E-state index contributed by atoms with van der Waals surface area (Å²) in [5.74, 6) is 0.917. The van der Waals surface area contributed by atoms with Gasteiger partial charge in [-0.25, -0.2) is 4.98 Å². The fourth-order valence-corrected chi connectivity index (χ4v) is 1.87. The van der Waals surface area contributed by atoms with Gasteiger partial charge in [0.2, 0.25) is 0 Å². The van der Waals surface area contributed by atoms with E-state index in [0.29, 0.717) is 0 Å². The molecule has 0 saturated carbocycles. The van der Waals surface area contributed by atoms with Crippen LogP contribution in [0.1, 0.15) is 5.82 Å². The van der Waals surface area contributed by atoms with Crippen LogP contribution in [0.15, 0.2) is 42.6 Å². The Morgan fingerprint density at radius 1 is 1.06 bits per heavy atom. The number of nitrogens with zero attached hydrogens (tertiary/aromatic N) is 2. The fraction of sp³-hybridized carbons (Fsp3) is 0.0769. The molecular weight excluding hydrogens is 198 g/mol. The van der Waals surface area contributed by atoms with E-state index in [-0.39, 0.29) is 0 Å². The number of pyridine rings is 1. The van der Waals surface area contributed by atoms with Gasteiger partial charge in [0, 0.05) is 11.8 Å². The molecule has 1 N–H and O–H groups in total. The number of nitrogens with one attached hydrogen (secondary N) is 1. The van der Waals surface area contributed by atoms with Crippen LogP contribution in [0.25, 0.3) is 22.3 Å². The average Bonchev–Trinajstić information content (AvgIpc) is 2.70. The molecule has 3 aromatic rings. The molecule has 0 unspecified atom stereocenters. The maximum Gasteiger partial charge on any atom is 0.115 e. The number of hydrogen-bond acceptors (Lipinski definition) is 2. The molecule has 3 nitrogen and oxygen atoms in total. The first-order valence-electron chi connectivity index (χ1n) is 5.21. The van der Waals surface area contributed by atoms with Gasteiger partial charge in [-0.15, -0.1) is 0 Å². The van der Waals surface area contributed by atoms with E-state index in [9.17, 15) is 0 Å². The summed E-state index contributed by atoms with van der Waals surface area (Å²) >= 11 is 0. The van der Waals surface area contributed by atoms with Crippen molar-refractivity contribution in [2.75, 3.05) is 0 Å². The van der Waals surface area contributed by atoms with E-state index in [1.54, 1.807) is 0 Å². The van der Waals surface area contributed by atoms with Crippen LogP contribution in [-0.4, -0.2) is 15.0 Å². The molecule has 0 aliphatic carbocycles. The van der Waals surface area contributed by atoms with Gasteiger partial charge in [0.25, 0.3) is 0 Å². The predicted octanol–water partition coefficient (Wildman–Crippen LogP) is 2.93. The first-order valence-corrected chi connectivity index (χ1v) is 5.21. The third-order valence-corrected chi connectivity index (χ3v) is 2.57. The molecule has 1 aromatic carbocycles. The summed E-state index contributed by atoms with van der Waals surface area (Å²) in [4.78, 5) is 12.1. The summed E-state index contributed by atoms with van der Waals surface area (Å²) in [7, 11) is 0. The largest absolute Gasteiger partial charge is 0.342 e. The Bertz CT molecular complexity index is 626. The molecule has 0 atom stereocenters. The van der Waals surface area contributed by atoms with Crippen molar-refractivity contribution in [3.05, 3.63) is 48.4 Å². The van der Waals surface area contributed by atoms with Crippen molar-refractivity contribution < 1.29 is 0 Å². The van der Waals surface area contributed by atoms with E-state index in [4.69, 9.17) is 0 Å². The maximum atomic E-state index is 4.47. The Balaban J connectivity index is 2.31. The number of H-pyrrole nitrogens is 1. The van der Waals surface area contributed by atoms with Crippen molar-refractivity contribution in [2.24, 2.45) is 0 Å². The van der Waals surface area contributed by atoms with Crippen LogP contribution in [0.4, 0.5) is 0 Å². The van der Waals surface area contributed by atoms with Gasteiger partial charge in [-0.3, -0.25) is 4.98 Å². The highest BCUT2D eigenvalue weighted by atomic mass is 14.9. The number of fused-ring (bicyclic) bond motifs is 1. The van der Waals surface area contributed by atoms with Crippen molar-refractivity contribution in [1.29, 1.82) is 0 Å². The number of imidazole rings is 1. The smallest absolute Gasteiger partial charge is 0.115 e. The molecule has 0 aliphatic heterocycles.